The normalized spacial score (nSPS) is 20.1. The lowest BCUT2D eigenvalue weighted by Gasteiger charge is -2.29. The van der Waals surface area contributed by atoms with Crippen molar-refractivity contribution < 1.29 is 19.1 Å². The monoisotopic (exact) mass is 536 g/mol. The summed E-state index contributed by atoms with van der Waals surface area (Å²) >= 11 is 0. The number of carbonyl (C=O) groups excluding carboxylic acids is 2. The summed E-state index contributed by atoms with van der Waals surface area (Å²) in [6, 6.07) is 0. The summed E-state index contributed by atoms with van der Waals surface area (Å²) in [5, 5.41) is 0. The van der Waals surface area contributed by atoms with Gasteiger partial charge in [0.15, 0.2) is 0 Å². The van der Waals surface area contributed by atoms with Crippen LogP contribution in [0, 0.1) is 34.5 Å². The summed E-state index contributed by atoms with van der Waals surface area (Å²) < 4.78 is 11.3. The van der Waals surface area contributed by atoms with Gasteiger partial charge in [-0.05, 0) is 86.9 Å². The van der Waals surface area contributed by atoms with E-state index in [9.17, 15) is 9.59 Å². The maximum atomic E-state index is 12.6. The second-order valence-corrected chi connectivity index (χ2v) is 14.3. The Morgan fingerprint density at radius 3 is 1.32 bits per heavy atom. The second kappa shape index (κ2) is 18.3. The van der Waals surface area contributed by atoms with E-state index in [1.165, 1.54) is 51.4 Å². The number of esters is 2. The van der Waals surface area contributed by atoms with Crippen LogP contribution in [0.4, 0.5) is 0 Å². The van der Waals surface area contributed by atoms with Crippen LogP contribution in [0.25, 0.3) is 0 Å². The average molecular weight is 537 g/mol. The lowest BCUT2D eigenvalue weighted by molar-refractivity contribution is -0.155. The molecule has 1 saturated carbocycles. The lowest BCUT2D eigenvalue weighted by atomic mass is 9.78. The Kier molecular flexibility index (Phi) is 16.9. The summed E-state index contributed by atoms with van der Waals surface area (Å²) in [7, 11) is 0. The van der Waals surface area contributed by atoms with E-state index in [1.807, 2.05) is 0 Å². The molecular formula is C34H64O4. The van der Waals surface area contributed by atoms with Gasteiger partial charge in [-0.25, -0.2) is 0 Å². The molecule has 0 aromatic carbocycles. The maximum Gasteiger partial charge on any atom is 0.308 e. The van der Waals surface area contributed by atoms with Crippen molar-refractivity contribution in [2.45, 2.75) is 158 Å². The van der Waals surface area contributed by atoms with Crippen molar-refractivity contribution in [1.82, 2.24) is 0 Å². The van der Waals surface area contributed by atoms with Crippen LogP contribution in [0.15, 0.2) is 0 Å². The highest BCUT2D eigenvalue weighted by Gasteiger charge is 2.32. The van der Waals surface area contributed by atoms with Crippen molar-refractivity contribution in [2.24, 2.45) is 34.5 Å². The quantitative estimate of drug-likeness (QED) is 0.115. The summed E-state index contributed by atoms with van der Waals surface area (Å²) in [5.41, 5.74) is 0.585. The molecule has 1 fully saturated rings. The van der Waals surface area contributed by atoms with E-state index in [0.29, 0.717) is 24.0 Å². The standard InChI is InChI=1S/C34H64O4/c1-9-11-15-27(3)25-33(5,6)21-13-23-37-31(35)29-17-19-30(20-18-29)32(36)38-24-14-22-34(7,8)26-28(4)16-12-10-2/h27-30H,9-26H2,1-8H3. The molecule has 0 heterocycles. The minimum absolute atomic E-state index is 0.0587. The van der Waals surface area contributed by atoms with Crippen molar-refractivity contribution in [1.29, 1.82) is 0 Å². The predicted octanol–water partition coefficient (Wildman–Crippen LogP) is 9.92. The Labute approximate surface area is 236 Å². The van der Waals surface area contributed by atoms with E-state index in [4.69, 9.17) is 9.47 Å². The van der Waals surface area contributed by atoms with Crippen LogP contribution >= 0.6 is 0 Å². The van der Waals surface area contributed by atoms with Crippen LogP contribution in [0.5, 0.6) is 0 Å². The van der Waals surface area contributed by atoms with E-state index in [1.54, 1.807) is 0 Å². The highest BCUT2D eigenvalue weighted by molar-refractivity contribution is 5.75. The molecule has 1 aliphatic rings. The van der Waals surface area contributed by atoms with Crippen molar-refractivity contribution >= 4 is 11.9 Å². The maximum absolute atomic E-state index is 12.6. The Morgan fingerprint density at radius 2 is 1.00 bits per heavy atom. The van der Waals surface area contributed by atoms with Gasteiger partial charge in [0.05, 0.1) is 25.0 Å². The van der Waals surface area contributed by atoms with Gasteiger partial charge in [0.2, 0.25) is 0 Å². The molecule has 0 spiro atoms. The van der Waals surface area contributed by atoms with Crippen molar-refractivity contribution in [3.63, 3.8) is 0 Å². The summed E-state index contributed by atoms with van der Waals surface area (Å²) in [6.07, 6.45) is 17.2. The molecule has 2 atom stereocenters. The molecule has 1 rings (SSSR count). The molecule has 0 aromatic rings. The Hall–Kier alpha value is -1.06. The summed E-state index contributed by atoms with van der Waals surface area (Å²) in [5.74, 6) is 1.26. The fourth-order valence-electron chi connectivity index (χ4n) is 6.65. The van der Waals surface area contributed by atoms with Crippen LogP contribution in [0.3, 0.4) is 0 Å². The molecule has 0 bridgehead atoms. The van der Waals surface area contributed by atoms with Crippen molar-refractivity contribution in [3.05, 3.63) is 0 Å². The van der Waals surface area contributed by atoms with Gasteiger partial charge in [-0.2, -0.15) is 0 Å². The van der Waals surface area contributed by atoms with E-state index in [2.05, 4.69) is 55.4 Å². The Balaban J connectivity index is 2.21. The molecule has 224 valence electrons. The number of hydrogen-bond acceptors (Lipinski definition) is 4. The average Bonchev–Trinajstić information content (AvgIpc) is 2.86. The van der Waals surface area contributed by atoms with Crippen molar-refractivity contribution in [3.8, 4) is 0 Å². The molecule has 4 heteroatoms. The molecule has 0 aromatic heterocycles. The van der Waals surface area contributed by atoms with Crippen LogP contribution in [0.2, 0.25) is 0 Å². The third-order valence-corrected chi connectivity index (χ3v) is 8.78. The minimum atomic E-state index is -0.0682. The molecule has 0 saturated heterocycles. The first-order chi connectivity index (χ1) is 17.9. The Bertz CT molecular complexity index is 589. The van der Waals surface area contributed by atoms with E-state index >= 15 is 0 Å². The molecule has 0 aliphatic heterocycles. The molecule has 2 unspecified atom stereocenters. The summed E-state index contributed by atoms with van der Waals surface area (Å²) in [6.45, 7) is 19.6. The van der Waals surface area contributed by atoms with Gasteiger partial charge in [-0.3, -0.25) is 9.59 Å². The van der Waals surface area contributed by atoms with E-state index in [0.717, 1.165) is 63.2 Å². The third kappa shape index (κ3) is 15.5. The van der Waals surface area contributed by atoms with Gasteiger partial charge in [0.1, 0.15) is 0 Å². The first-order valence-electron chi connectivity index (χ1n) is 16.2. The third-order valence-electron chi connectivity index (χ3n) is 8.78. The zero-order chi connectivity index (χ0) is 28.6. The summed E-state index contributed by atoms with van der Waals surface area (Å²) in [4.78, 5) is 25.2. The highest BCUT2D eigenvalue weighted by Crippen LogP contribution is 2.34. The van der Waals surface area contributed by atoms with Gasteiger partial charge in [0, 0.05) is 0 Å². The Morgan fingerprint density at radius 1 is 0.658 bits per heavy atom. The highest BCUT2D eigenvalue weighted by atomic mass is 16.5. The fraction of sp³-hybridized carbons (Fsp3) is 0.941. The van der Waals surface area contributed by atoms with Gasteiger partial charge in [0.25, 0.3) is 0 Å². The van der Waals surface area contributed by atoms with E-state index in [-0.39, 0.29) is 23.8 Å². The first kappa shape index (κ1) is 35.0. The molecule has 4 nitrogen and oxygen atoms in total. The number of ether oxygens (including phenoxy) is 2. The van der Waals surface area contributed by atoms with Crippen LogP contribution in [-0.4, -0.2) is 25.2 Å². The number of unbranched alkanes of at least 4 members (excludes halogenated alkanes) is 2. The van der Waals surface area contributed by atoms with Crippen molar-refractivity contribution in [2.75, 3.05) is 13.2 Å². The van der Waals surface area contributed by atoms with Crippen LogP contribution in [0.1, 0.15) is 158 Å². The second-order valence-electron chi connectivity index (χ2n) is 14.3. The molecule has 0 radical (unpaired) electrons. The molecule has 0 amide bonds. The molecular weight excluding hydrogens is 472 g/mol. The van der Waals surface area contributed by atoms with Crippen LogP contribution in [-0.2, 0) is 19.1 Å². The molecule has 38 heavy (non-hydrogen) atoms. The first-order valence-corrected chi connectivity index (χ1v) is 16.2. The lowest BCUT2D eigenvalue weighted by Crippen LogP contribution is -2.29. The van der Waals surface area contributed by atoms with Gasteiger partial charge < -0.3 is 9.47 Å². The zero-order valence-electron chi connectivity index (χ0n) is 26.7. The molecule has 0 N–H and O–H groups in total. The minimum Gasteiger partial charge on any atom is -0.465 e. The largest absolute Gasteiger partial charge is 0.465 e. The van der Waals surface area contributed by atoms with Crippen LogP contribution < -0.4 is 0 Å². The zero-order valence-corrected chi connectivity index (χ0v) is 26.7. The van der Waals surface area contributed by atoms with Gasteiger partial charge in [-0.15, -0.1) is 0 Å². The number of rotatable bonds is 20. The van der Waals surface area contributed by atoms with E-state index < -0.39 is 0 Å². The molecule has 1 aliphatic carbocycles. The predicted molar refractivity (Wildman–Crippen MR) is 160 cm³/mol. The fourth-order valence-corrected chi connectivity index (χ4v) is 6.65. The van der Waals surface area contributed by atoms with Gasteiger partial charge >= 0.3 is 11.9 Å². The number of carbonyl (C=O) groups is 2. The number of hydrogen-bond donors (Lipinski definition) is 0. The topological polar surface area (TPSA) is 52.6 Å². The smallest absolute Gasteiger partial charge is 0.308 e. The SMILES string of the molecule is CCCCC(C)CC(C)(C)CCCOC(=O)C1CCC(C(=O)OCCCC(C)(C)CC(C)CCCC)CC1. The van der Waals surface area contributed by atoms with Gasteiger partial charge in [-0.1, -0.05) is 93.9 Å².